The fourth-order valence-electron chi connectivity index (χ4n) is 2.33. The van der Waals surface area contributed by atoms with Crippen molar-refractivity contribution in [2.24, 2.45) is 0 Å². The predicted octanol–water partition coefficient (Wildman–Crippen LogP) is 2.72. The molecule has 0 saturated heterocycles. The third-order valence-corrected chi connectivity index (χ3v) is 3.21. The van der Waals surface area contributed by atoms with E-state index in [2.05, 4.69) is 49.3 Å². The highest BCUT2D eigenvalue weighted by Crippen LogP contribution is 2.18. The third kappa shape index (κ3) is 3.01. The molecule has 0 aliphatic heterocycles. The molecule has 0 spiro atoms. The smallest absolute Gasteiger partial charge is 0.112 e. The Kier molecular flexibility index (Phi) is 4.32. The van der Waals surface area contributed by atoms with Crippen LogP contribution in [0.4, 0.5) is 0 Å². The van der Waals surface area contributed by atoms with Crippen molar-refractivity contribution in [3.63, 3.8) is 0 Å². The minimum atomic E-state index is -0.0517. The van der Waals surface area contributed by atoms with E-state index in [0.717, 1.165) is 30.6 Å². The van der Waals surface area contributed by atoms with E-state index in [1.54, 1.807) is 0 Å². The Bertz CT molecular complexity index is 540. The second kappa shape index (κ2) is 5.97. The van der Waals surface area contributed by atoms with Crippen LogP contribution in [0.25, 0.3) is 5.69 Å². The lowest BCUT2D eigenvalue weighted by molar-refractivity contribution is 0.275. The molecule has 2 aromatic rings. The van der Waals surface area contributed by atoms with Crippen molar-refractivity contribution in [1.29, 1.82) is 0 Å². The van der Waals surface area contributed by atoms with Crippen LogP contribution in [-0.4, -0.2) is 20.1 Å². The van der Waals surface area contributed by atoms with Crippen LogP contribution < -0.4 is 0 Å². The number of benzene rings is 1. The summed E-state index contributed by atoms with van der Waals surface area (Å²) in [5.74, 6) is 0. The van der Waals surface area contributed by atoms with Crippen LogP contribution in [0.1, 0.15) is 42.3 Å². The molecule has 0 atom stereocenters. The Morgan fingerprint density at radius 2 is 1.84 bits per heavy atom. The highest BCUT2D eigenvalue weighted by atomic mass is 16.3. The van der Waals surface area contributed by atoms with E-state index < -0.39 is 0 Å². The van der Waals surface area contributed by atoms with Gasteiger partial charge in [0.05, 0.1) is 18.0 Å². The molecule has 0 radical (unpaired) electrons. The average molecular weight is 259 g/mol. The van der Waals surface area contributed by atoms with Crippen LogP contribution in [0, 0.1) is 13.8 Å². The summed E-state index contributed by atoms with van der Waals surface area (Å²) in [4.78, 5) is 0. The summed E-state index contributed by atoms with van der Waals surface area (Å²) in [6.07, 6.45) is 3.08. The van der Waals surface area contributed by atoms with Crippen molar-refractivity contribution in [2.45, 2.75) is 46.6 Å². The van der Waals surface area contributed by atoms with Crippen molar-refractivity contribution in [1.82, 2.24) is 15.0 Å². The van der Waals surface area contributed by atoms with Gasteiger partial charge in [0.2, 0.25) is 0 Å². The van der Waals surface area contributed by atoms with Gasteiger partial charge in [0, 0.05) is 0 Å². The minimum absolute atomic E-state index is 0.0517. The van der Waals surface area contributed by atoms with Gasteiger partial charge in [-0.15, -0.1) is 5.10 Å². The molecule has 1 N–H and O–H groups in total. The van der Waals surface area contributed by atoms with Gasteiger partial charge < -0.3 is 5.11 Å². The van der Waals surface area contributed by atoms with Gasteiger partial charge in [-0.3, -0.25) is 0 Å². The van der Waals surface area contributed by atoms with Gasteiger partial charge in [-0.25, -0.2) is 4.68 Å². The summed E-state index contributed by atoms with van der Waals surface area (Å²) in [5, 5.41) is 17.7. The lowest BCUT2D eigenvalue weighted by Gasteiger charge is -2.09. The van der Waals surface area contributed by atoms with E-state index >= 15 is 0 Å². The second-order valence-electron chi connectivity index (χ2n) is 5.00. The third-order valence-electron chi connectivity index (χ3n) is 3.21. The minimum Gasteiger partial charge on any atom is -0.390 e. The first-order valence-corrected chi connectivity index (χ1v) is 6.78. The number of hydrogen-bond donors (Lipinski definition) is 1. The normalized spacial score (nSPS) is 10.9. The predicted molar refractivity (Wildman–Crippen MR) is 75.4 cm³/mol. The Morgan fingerprint density at radius 1 is 1.16 bits per heavy atom. The lowest BCUT2D eigenvalue weighted by atomic mass is 10.1. The van der Waals surface area contributed by atoms with Gasteiger partial charge in [0.25, 0.3) is 0 Å². The summed E-state index contributed by atoms with van der Waals surface area (Å²) in [6.45, 7) is 6.26. The Hall–Kier alpha value is -1.68. The Morgan fingerprint density at radius 3 is 2.42 bits per heavy atom. The van der Waals surface area contributed by atoms with E-state index in [-0.39, 0.29) is 6.61 Å². The maximum absolute atomic E-state index is 9.37. The quantitative estimate of drug-likeness (QED) is 0.898. The Labute approximate surface area is 114 Å². The largest absolute Gasteiger partial charge is 0.390 e. The van der Waals surface area contributed by atoms with Gasteiger partial charge in [0.1, 0.15) is 5.69 Å². The number of unbranched alkanes of at least 4 members (excludes halogenated alkanes) is 1. The number of rotatable bonds is 5. The molecule has 1 heterocycles. The van der Waals surface area contributed by atoms with Gasteiger partial charge >= 0.3 is 0 Å². The van der Waals surface area contributed by atoms with E-state index in [0.29, 0.717) is 5.69 Å². The topological polar surface area (TPSA) is 50.9 Å². The molecular weight excluding hydrogens is 238 g/mol. The van der Waals surface area contributed by atoms with E-state index in [1.165, 1.54) is 11.1 Å². The molecule has 0 aliphatic carbocycles. The number of aliphatic hydroxyl groups is 1. The summed E-state index contributed by atoms with van der Waals surface area (Å²) in [6, 6.07) is 6.33. The molecule has 102 valence electrons. The molecule has 4 heteroatoms. The molecule has 0 unspecified atom stereocenters. The van der Waals surface area contributed by atoms with Crippen molar-refractivity contribution >= 4 is 0 Å². The fourth-order valence-corrected chi connectivity index (χ4v) is 2.33. The van der Waals surface area contributed by atoms with Gasteiger partial charge in [0.15, 0.2) is 0 Å². The maximum Gasteiger partial charge on any atom is 0.112 e. The zero-order valence-corrected chi connectivity index (χ0v) is 11.8. The van der Waals surface area contributed by atoms with Gasteiger partial charge in [-0.1, -0.05) is 24.6 Å². The summed E-state index contributed by atoms with van der Waals surface area (Å²) in [5.41, 5.74) is 5.15. The van der Waals surface area contributed by atoms with Crippen molar-refractivity contribution in [3.8, 4) is 5.69 Å². The molecule has 2 rings (SSSR count). The SMILES string of the molecule is CCCCc1c(CO)nnn1-c1cc(C)cc(C)c1. The van der Waals surface area contributed by atoms with Crippen molar-refractivity contribution < 1.29 is 5.11 Å². The number of aryl methyl sites for hydroxylation is 2. The van der Waals surface area contributed by atoms with Crippen LogP contribution >= 0.6 is 0 Å². The molecular formula is C15H21N3O. The molecule has 0 saturated carbocycles. The first-order chi connectivity index (χ1) is 9.15. The highest BCUT2D eigenvalue weighted by Gasteiger charge is 2.13. The average Bonchev–Trinajstić information content (AvgIpc) is 2.77. The van der Waals surface area contributed by atoms with E-state index in [4.69, 9.17) is 0 Å². The second-order valence-corrected chi connectivity index (χ2v) is 5.00. The molecule has 19 heavy (non-hydrogen) atoms. The van der Waals surface area contributed by atoms with Crippen molar-refractivity contribution in [2.75, 3.05) is 0 Å². The summed E-state index contributed by atoms with van der Waals surface area (Å²) < 4.78 is 1.86. The van der Waals surface area contributed by atoms with Crippen LogP contribution in [0.2, 0.25) is 0 Å². The van der Waals surface area contributed by atoms with Crippen molar-refractivity contribution in [3.05, 3.63) is 40.7 Å². The van der Waals surface area contributed by atoms with Gasteiger partial charge in [-0.2, -0.15) is 0 Å². The van der Waals surface area contributed by atoms with Crippen LogP contribution in [0.3, 0.4) is 0 Å². The first-order valence-electron chi connectivity index (χ1n) is 6.78. The van der Waals surface area contributed by atoms with Crippen LogP contribution in [0.15, 0.2) is 18.2 Å². The lowest BCUT2D eigenvalue weighted by Crippen LogP contribution is -2.05. The van der Waals surface area contributed by atoms with E-state index in [1.807, 2.05) is 4.68 Å². The molecule has 0 amide bonds. The summed E-state index contributed by atoms with van der Waals surface area (Å²) >= 11 is 0. The maximum atomic E-state index is 9.37. The highest BCUT2D eigenvalue weighted by molar-refractivity contribution is 5.40. The monoisotopic (exact) mass is 259 g/mol. The van der Waals surface area contributed by atoms with Crippen LogP contribution in [0.5, 0.6) is 0 Å². The molecule has 0 bridgehead atoms. The molecule has 1 aromatic carbocycles. The van der Waals surface area contributed by atoms with E-state index in [9.17, 15) is 5.11 Å². The summed E-state index contributed by atoms with van der Waals surface area (Å²) in [7, 11) is 0. The van der Waals surface area contributed by atoms with Gasteiger partial charge in [-0.05, 0) is 49.9 Å². The number of aliphatic hydroxyl groups excluding tert-OH is 1. The number of nitrogens with zero attached hydrogens (tertiary/aromatic N) is 3. The first kappa shape index (κ1) is 13.7. The zero-order valence-electron chi connectivity index (χ0n) is 11.8. The molecule has 4 nitrogen and oxygen atoms in total. The Balaban J connectivity index is 2.45. The zero-order chi connectivity index (χ0) is 13.8. The van der Waals surface area contributed by atoms with Crippen LogP contribution in [-0.2, 0) is 13.0 Å². The molecule has 0 aliphatic rings. The number of aromatic nitrogens is 3. The standard InChI is InChI=1S/C15H21N3O/c1-4-5-6-15-14(10-19)16-17-18(15)13-8-11(2)7-12(3)9-13/h7-9,19H,4-6,10H2,1-3H3. The fraction of sp³-hybridized carbons (Fsp3) is 0.467. The molecule has 0 fully saturated rings. The molecule has 1 aromatic heterocycles. The number of hydrogen-bond acceptors (Lipinski definition) is 3.